The summed E-state index contributed by atoms with van der Waals surface area (Å²) >= 11 is 0. The van der Waals surface area contributed by atoms with Gasteiger partial charge in [0, 0.05) is 22.9 Å². The number of carbonyl (C=O) groups is 1. The smallest absolute Gasteiger partial charge is 0.235 e. The number of halogens is 1. The molecule has 6 heteroatoms. The molecule has 20 heavy (non-hydrogen) atoms. The first kappa shape index (κ1) is 16.6. The van der Waals surface area contributed by atoms with E-state index < -0.39 is 21.9 Å². The molecule has 1 amide bonds. The van der Waals surface area contributed by atoms with Crippen LogP contribution < -0.4 is 10.1 Å². The number of hydrogen-bond acceptors (Lipinski definition) is 3. The molecule has 0 saturated heterocycles. The Morgan fingerprint density at radius 3 is 2.80 bits per heavy atom. The maximum Gasteiger partial charge on any atom is 0.235 e. The van der Waals surface area contributed by atoms with Crippen molar-refractivity contribution in [2.24, 2.45) is 0 Å². The number of carbonyl (C=O) groups excluding carboxylic acids is 1. The Morgan fingerprint density at radius 2 is 2.20 bits per heavy atom. The van der Waals surface area contributed by atoms with Crippen LogP contribution in [0.25, 0.3) is 0 Å². The zero-order chi connectivity index (χ0) is 15.1. The fourth-order valence-corrected chi connectivity index (χ4v) is 2.75. The van der Waals surface area contributed by atoms with Crippen LogP contribution in [0.2, 0.25) is 0 Å². The van der Waals surface area contributed by atoms with E-state index in [-0.39, 0.29) is 11.7 Å². The number of nitrogens with one attached hydrogen (secondary N) is 1. The highest BCUT2D eigenvalue weighted by atomic mass is 32.2. The Hall–Kier alpha value is -1.43. The summed E-state index contributed by atoms with van der Waals surface area (Å²) < 4.78 is 30.5. The topological polar surface area (TPSA) is 55.4 Å². The molecule has 4 nitrogen and oxygen atoms in total. The molecular formula is C14H20FNO3S. The highest BCUT2D eigenvalue weighted by Gasteiger charge is 2.21. The summed E-state index contributed by atoms with van der Waals surface area (Å²) in [5.41, 5.74) is 0.501. The number of amides is 1. The van der Waals surface area contributed by atoms with Crippen LogP contribution in [0.3, 0.4) is 0 Å². The van der Waals surface area contributed by atoms with Crippen LogP contribution in [0.15, 0.2) is 18.2 Å². The van der Waals surface area contributed by atoms with E-state index in [4.69, 9.17) is 4.74 Å². The fraction of sp³-hybridized carbons (Fsp3) is 0.500. The maximum atomic E-state index is 13.2. The molecule has 0 aliphatic rings. The van der Waals surface area contributed by atoms with E-state index in [2.05, 4.69) is 5.32 Å². The van der Waals surface area contributed by atoms with Crippen LogP contribution in [0, 0.1) is 5.82 Å². The molecule has 2 unspecified atom stereocenters. The van der Waals surface area contributed by atoms with Crippen molar-refractivity contribution in [3.8, 4) is 5.75 Å². The molecule has 0 aliphatic heterocycles. The molecule has 0 radical (unpaired) electrons. The van der Waals surface area contributed by atoms with E-state index in [1.165, 1.54) is 25.3 Å². The minimum absolute atomic E-state index is 0.0850. The van der Waals surface area contributed by atoms with Crippen molar-refractivity contribution >= 4 is 16.7 Å². The summed E-state index contributed by atoms with van der Waals surface area (Å²) in [6.45, 7) is 4.11. The molecular weight excluding hydrogens is 281 g/mol. The van der Waals surface area contributed by atoms with Gasteiger partial charge in [0.25, 0.3) is 0 Å². The van der Waals surface area contributed by atoms with Gasteiger partial charge in [-0.2, -0.15) is 0 Å². The number of rotatable bonds is 7. The quantitative estimate of drug-likeness (QED) is 0.838. The van der Waals surface area contributed by atoms with Crippen molar-refractivity contribution in [1.82, 2.24) is 5.32 Å². The average molecular weight is 301 g/mol. The first-order valence-corrected chi connectivity index (χ1v) is 7.85. The summed E-state index contributed by atoms with van der Waals surface area (Å²) in [5, 5.41) is 2.06. The minimum atomic E-state index is -1.43. The van der Waals surface area contributed by atoms with Gasteiger partial charge in [-0.25, -0.2) is 4.39 Å². The van der Waals surface area contributed by atoms with Crippen LogP contribution in [0.1, 0.15) is 25.8 Å². The molecule has 2 atom stereocenters. The van der Waals surface area contributed by atoms with Crippen molar-refractivity contribution < 1.29 is 18.1 Å². The van der Waals surface area contributed by atoms with Crippen LogP contribution in [-0.2, 0) is 21.3 Å². The number of methoxy groups -OCH3 is 1. The van der Waals surface area contributed by atoms with Crippen molar-refractivity contribution in [1.29, 1.82) is 0 Å². The van der Waals surface area contributed by atoms with Gasteiger partial charge in [-0.05, 0) is 31.5 Å². The predicted molar refractivity (Wildman–Crippen MR) is 77.6 cm³/mol. The molecule has 0 heterocycles. The zero-order valence-electron chi connectivity index (χ0n) is 11.9. The monoisotopic (exact) mass is 301 g/mol. The second-order valence-electron chi connectivity index (χ2n) is 4.41. The summed E-state index contributed by atoms with van der Waals surface area (Å²) in [5.74, 6) is -0.107. The van der Waals surface area contributed by atoms with Gasteiger partial charge in [0.1, 0.15) is 16.8 Å². The lowest BCUT2D eigenvalue weighted by Crippen LogP contribution is -2.36. The first-order valence-electron chi connectivity index (χ1n) is 6.46. The van der Waals surface area contributed by atoms with Gasteiger partial charge < -0.3 is 10.1 Å². The molecule has 0 spiro atoms. The second-order valence-corrected chi connectivity index (χ2v) is 6.17. The normalized spacial score (nSPS) is 13.6. The number of ether oxygens (including phenoxy) is 1. The van der Waals surface area contributed by atoms with Crippen molar-refractivity contribution in [2.45, 2.75) is 31.3 Å². The predicted octanol–water partition coefficient (Wildman–Crippen LogP) is 2.00. The Labute approximate surface area is 121 Å². The first-order chi connectivity index (χ1) is 9.49. The molecule has 0 saturated carbocycles. The number of benzene rings is 1. The van der Waals surface area contributed by atoms with E-state index in [0.717, 1.165) is 6.42 Å². The molecule has 0 bridgehead atoms. The third kappa shape index (κ3) is 4.59. The van der Waals surface area contributed by atoms with E-state index in [0.29, 0.717) is 17.9 Å². The van der Waals surface area contributed by atoms with Crippen LogP contribution in [-0.4, -0.2) is 29.0 Å². The molecule has 112 valence electrons. The Kier molecular flexibility index (Phi) is 6.64. The lowest BCUT2D eigenvalue weighted by atomic mass is 10.2. The summed E-state index contributed by atoms with van der Waals surface area (Å²) in [6.07, 6.45) is 0.822. The third-order valence-electron chi connectivity index (χ3n) is 2.85. The number of hydrogen-bond donors (Lipinski definition) is 1. The van der Waals surface area contributed by atoms with Crippen molar-refractivity contribution in [3.63, 3.8) is 0 Å². The van der Waals surface area contributed by atoms with E-state index in [1.807, 2.05) is 6.92 Å². The van der Waals surface area contributed by atoms with Crippen molar-refractivity contribution in [2.75, 3.05) is 13.7 Å². The summed E-state index contributed by atoms with van der Waals surface area (Å²) in [4.78, 5) is 11.7. The van der Waals surface area contributed by atoms with Gasteiger partial charge in [-0.3, -0.25) is 9.00 Å². The third-order valence-corrected chi connectivity index (χ3v) is 4.45. The highest BCUT2D eigenvalue weighted by molar-refractivity contribution is 7.85. The second kappa shape index (κ2) is 7.99. The Morgan fingerprint density at radius 1 is 1.50 bits per heavy atom. The largest absolute Gasteiger partial charge is 0.496 e. The molecule has 1 aromatic rings. The molecule has 1 aromatic carbocycles. The standard InChI is InChI=1S/C14H20FNO3S/c1-4-7-16-14(17)10(2)20(18)9-11-8-12(15)5-6-13(11)19-3/h5-6,8,10H,4,7,9H2,1-3H3,(H,16,17). The van der Waals surface area contributed by atoms with E-state index >= 15 is 0 Å². The summed E-state index contributed by atoms with van der Waals surface area (Å²) in [6, 6.07) is 4.06. The van der Waals surface area contributed by atoms with Gasteiger partial charge in [0.15, 0.2) is 0 Å². The van der Waals surface area contributed by atoms with Crippen molar-refractivity contribution in [3.05, 3.63) is 29.6 Å². The van der Waals surface area contributed by atoms with Gasteiger partial charge in [0.2, 0.25) is 5.91 Å². The fourth-order valence-electron chi connectivity index (χ4n) is 1.65. The molecule has 0 aliphatic carbocycles. The Bertz CT molecular complexity index is 493. The maximum absolute atomic E-state index is 13.2. The highest BCUT2D eigenvalue weighted by Crippen LogP contribution is 2.21. The molecule has 0 aromatic heterocycles. The average Bonchev–Trinajstić information content (AvgIpc) is 2.44. The van der Waals surface area contributed by atoms with Gasteiger partial charge in [-0.1, -0.05) is 6.92 Å². The van der Waals surface area contributed by atoms with E-state index in [1.54, 1.807) is 6.92 Å². The Balaban J connectivity index is 2.75. The lowest BCUT2D eigenvalue weighted by Gasteiger charge is -2.13. The molecule has 1 rings (SSSR count). The zero-order valence-corrected chi connectivity index (χ0v) is 12.8. The molecule has 1 N–H and O–H groups in total. The molecule has 0 fully saturated rings. The van der Waals surface area contributed by atoms with Crippen LogP contribution >= 0.6 is 0 Å². The van der Waals surface area contributed by atoms with Crippen LogP contribution in [0.4, 0.5) is 4.39 Å². The van der Waals surface area contributed by atoms with Gasteiger partial charge in [-0.15, -0.1) is 0 Å². The minimum Gasteiger partial charge on any atom is -0.496 e. The van der Waals surface area contributed by atoms with E-state index in [9.17, 15) is 13.4 Å². The van der Waals surface area contributed by atoms with Gasteiger partial charge in [0.05, 0.1) is 12.9 Å². The van der Waals surface area contributed by atoms with Crippen LogP contribution in [0.5, 0.6) is 5.75 Å². The summed E-state index contributed by atoms with van der Waals surface area (Å²) in [7, 11) is 0.0411. The lowest BCUT2D eigenvalue weighted by molar-refractivity contribution is -0.120. The van der Waals surface area contributed by atoms with Gasteiger partial charge >= 0.3 is 0 Å². The SMILES string of the molecule is CCCNC(=O)C(C)S(=O)Cc1cc(F)ccc1OC.